The first-order valence-electron chi connectivity index (χ1n) is 5.08. The highest BCUT2D eigenvalue weighted by Gasteiger charge is 2.23. The van der Waals surface area contributed by atoms with Crippen molar-refractivity contribution in [3.05, 3.63) is 23.8 Å². The van der Waals surface area contributed by atoms with Crippen LogP contribution >= 0.6 is 0 Å². The summed E-state index contributed by atoms with van der Waals surface area (Å²) in [5.41, 5.74) is -0.186. The van der Waals surface area contributed by atoms with Crippen LogP contribution < -0.4 is 5.32 Å². The fraction of sp³-hybridized carbons (Fsp3) is 0.182. The van der Waals surface area contributed by atoms with Gasteiger partial charge in [-0.1, -0.05) is 0 Å². The van der Waals surface area contributed by atoms with E-state index in [1.807, 2.05) is 5.32 Å². The predicted octanol–water partition coefficient (Wildman–Crippen LogP) is -0.245. The van der Waals surface area contributed by atoms with E-state index in [9.17, 15) is 24.6 Å². The number of carboxylic acids is 2. The number of hydrogen-bond donors (Lipinski definition) is 5. The molecule has 0 aliphatic carbocycles. The van der Waals surface area contributed by atoms with Gasteiger partial charge in [0.05, 0.1) is 6.42 Å². The monoisotopic (exact) mass is 269 g/mol. The molecule has 0 saturated carbocycles. The molecule has 102 valence electrons. The third-order valence-electron chi connectivity index (χ3n) is 2.15. The summed E-state index contributed by atoms with van der Waals surface area (Å²) in [6.45, 7) is 0. The van der Waals surface area contributed by atoms with Crippen molar-refractivity contribution in [3.63, 3.8) is 0 Å². The molecule has 0 aromatic heterocycles. The number of carboxylic acid groups (broad SMARTS) is 2. The van der Waals surface area contributed by atoms with Crippen LogP contribution in [0.4, 0.5) is 0 Å². The second-order valence-electron chi connectivity index (χ2n) is 3.70. The number of rotatable bonds is 5. The molecule has 0 aliphatic rings. The number of carbonyl (C=O) groups is 3. The maximum Gasteiger partial charge on any atom is 0.326 e. The number of amides is 1. The van der Waals surface area contributed by atoms with Gasteiger partial charge in [-0.25, -0.2) is 4.79 Å². The van der Waals surface area contributed by atoms with Crippen LogP contribution in [0.15, 0.2) is 18.2 Å². The normalized spacial score (nSPS) is 11.6. The van der Waals surface area contributed by atoms with Gasteiger partial charge in [-0.05, 0) is 12.1 Å². The average molecular weight is 269 g/mol. The van der Waals surface area contributed by atoms with Gasteiger partial charge in [-0.2, -0.15) is 0 Å². The van der Waals surface area contributed by atoms with Gasteiger partial charge in [-0.15, -0.1) is 0 Å². The van der Waals surface area contributed by atoms with Crippen LogP contribution in [0.3, 0.4) is 0 Å². The summed E-state index contributed by atoms with van der Waals surface area (Å²) in [5.74, 6) is -4.56. The van der Waals surface area contributed by atoms with Crippen molar-refractivity contribution >= 4 is 17.8 Å². The van der Waals surface area contributed by atoms with Crippen LogP contribution in [0, 0.1) is 0 Å². The second-order valence-corrected chi connectivity index (χ2v) is 3.70. The standard InChI is InChI=1S/C11H11NO7/c13-6-1-5(2-7(14)3-6)10(17)12-8(11(18)19)4-9(15)16/h1-3,8,13-14H,4H2,(H,12,17)(H,15,16)(H,18,19)/t8-/m1/s1. The highest BCUT2D eigenvalue weighted by molar-refractivity contribution is 5.98. The molecule has 0 saturated heterocycles. The topological polar surface area (TPSA) is 144 Å². The zero-order valence-corrected chi connectivity index (χ0v) is 9.53. The molecule has 5 N–H and O–H groups in total. The Morgan fingerprint density at radius 2 is 1.58 bits per heavy atom. The largest absolute Gasteiger partial charge is 0.508 e. The molecule has 0 bridgehead atoms. The van der Waals surface area contributed by atoms with Gasteiger partial charge in [0, 0.05) is 11.6 Å². The first-order chi connectivity index (χ1) is 8.79. The zero-order valence-electron chi connectivity index (χ0n) is 9.53. The van der Waals surface area contributed by atoms with Gasteiger partial charge in [0.25, 0.3) is 5.91 Å². The Balaban J connectivity index is 2.87. The Labute approximate surface area is 106 Å². The minimum absolute atomic E-state index is 0.186. The predicted molar refractivity (Wildman–Crippen MR) is 60.9 cm³/mol. The summed E-state index contributed by atoms with van der Waals surface area (Å²) >= 11 is 0. The Bertz CT molecular complexity index is 506. The maximum atomic E-state index is 11.7. The zero-order chi connectivity index (χ0) is 14.6. The highest BCUT2D eigenvalue weighted by atomic mass is 16.4. The highest BCUT2D eigenvalue weighted by Crippen LogP contribution is 2.20. The minimum atomic E-state index is -1.60. The van der Waals surface area contributed by atoms with Crippen molar-refractivity contribution in [2.75, 3.05) is 0 Å². The minimum Gasteiger partial charge on any atom is -0.508 e. The van der Waals surface area contributed by atoms with E-state index in [0.29, 0.717) is 0 Å². The van der Waals surface area contributed by atoms with Crippen molar-refractivity contribution in [1.29, 1.82) is 0 Å². The van der Waals surface area contributed by atoms with Crippen LogP contribution in [0.1, 0.15) is 16.8 Å². The van der Waals surface area contributed by atoms with E-state index in [0.717, 1.165) is 18.2 Å². The number of hydrogen-bond acceptors (Lipinski definition) is 5. The Kier molecular flexibility index (Phi) is 4.30. The molecule has 8 nitrogen and oxygen atoms in total. The lowest BCUT2D eigenvalue weighted by molar-refractivity contribution is -0.145. The molecule has 1 amide bonds. The SMILES string of the molecule is O=C(O)C[C@@H](NC(=O)c1cc(O)cc(O)c1)C(=O)O. The summed E-state index contributed by atoms with van der Waals surface area (Å²) in [7, 11) is 0. The summed E-state index contributed by atoms with van der Waals surface area (Å²) < 4.78 is 0. The third kappa shape index (κ3) is 4.19. The van der Waals surface area contributed by atoms with Gasteiger partial charge in [0.1, 0.15) is 17.5 Å². The van der Waals surface area contributed by atoms with Crippen molar-refractivity contribution < 1.29 is 34.8 Å². The first-order valence-corrected chi connectivity index (χ1v) is 5.08. The first kappa shape index (κ1) is 14.3. The van der Waals surface area contributed by atoms with Crippen molar-refractivity contribution in [2.45, 2.75) is 12.5 Å². The van der Waals surface area contributed by atoms with Gasteiger partial charge >= 0.3 is 11.9 Å². The number of phenolic OH excluding ortho intramolecular Hbond substituents is 2. The molecule has 1 aromatic carbocycles. The molecule has 1 rings (SSSR count). The number of carbonyl (C=O) groups excluding carboxylic acids is 1. The smallest absolute Gasteiger partial charge is 0.326 e. The van der Waals surface area contributed by atoms with Crippen LogP contribution in [-0.4, -0.2) is 44.3 Å². The summed E-state index contributed by atoms with van der Waals surface area (Å²) in [4.78, 5) is 32.9. The quantitative estimate of drug-likeness (QED) is 0.495. The molecule has 8 heteroatoms. The molecule has 0 aliphatic heterocycles. The molecule has 0 heterocycles. The molecule has 1 atom stereocenters. The number of benzene rings is 1. The van der Waals surface area contributed by atoms with Crippen LogP contribution in [0.25, 0.3) is 0 Å². The van der Waals surface area contributed by atoms with Gasteiger partial charge in [0.15, 0.2) is 0 Å². The van der Waals surface area contributed by atoms with E-state index in [1.165, 1.54) is 0 Å². The number of aromatic hydroxyl groups is 2. The molecule has 1 aromatic rings. The lowest BCUT2D eigenvalue weighted by Gasteiger charge is -2.12. The lowest BCUT2D eigenvalue weighted by Crippen LogP contribution is -2.42. The molecule has 0 unspecified atom stereocenters. The van der Waals surface area contributed by atoms with Crippen molar-refractivity contribution in [1.82, 2.24) is 5.32 Å². The Morgan fingerprint density at radius 1 is 1.05 bits per heavy atom. The van der Waals surface area contributed by atoms with Crippen molar-refractivity contribution in [2.24, 2.45) is 0 Å². The van der Waals surface area contributed by atoms with E-state index < -0.39 is 30.3 Å². The van der Waals surface area contributed by atoms with E-state index in [1.54, 1.807) is 0 Å². The maximum absolute atomic E-state index is 11.7. The number of nitrogens with one attached hydrogen (secondary N) is 1. The lowest BCUT2D eigenvalue weighted by atomic mass is 10.1. The van der Waals surface area contributed by atoms with Crippen LogP contribution in [0.2, 0.25) is 0 Å². The van der Waals surface area contributed by atoms with E-state index in [2.05, 4.69) is 0 Å². The summed E-state index contributed by atoms with van der Waals surface area (Å²) in [6, 6.07) is 1.40. The Hall–Kier alpha value is -2.77. The average Bonchev–Trinajstić information content (AvgIpc) is 2.25. The van der Waals surface area contributed by atoms with E-state index >= 15 is 0 Å². The molecule has 0 spiro atoms. The Morgan fingerprint density at radius 3 is 2.00 bits per heavy atom. The molecule has 0 fully saturated rings. The van der Waals surface area contributed by atoms with Crippen LogP contribution in [0.5, 0.6) is 11.5 Å². The summed E-state index contributed by atoms with van der Waals surface area (Å²) in [5, 5.41) is 37.6. The molecule has 0 radical (unpaired) electrons. The number of aliphatic carboxylic acids is 2. The molecular weight excluding hydrogens is 258 g/mol. The number of phenols is 2. The molecular formula is C11H11NO7. The molecule has 19 heavy (non-hydrogen) atoms. The van der Waals surface area contributed by atoms with E-state index in [4.69, 9.17) is 10.2 Å². The van der Waals surface area contributed by atoms with Crippen LogP contribution in [-0.2, 0) is 9.59 Å². The van der Waals surface area contributed by atoms with E-state index in [-0.39, 0.29) is 17.1 Å². The summed E-state index contributed by atoms with van der Waals surface area (Å²) in [6.07, 6.45) is -0.786. The van der Waals surface area contributed by atoms with Gasteiger partial charge < -0.3 is 25.7 Å². The van der Waals surface area contributed by atoms with Gasteiger partial charge in [-0.3, -0.25) is 9.59 Å². The van der Waals surface area contributed by atoms with Gasteiger partial charge in [0.2, 0.25) is 0 Å². The third-order valence-corrected chi connectivity index (χ3v) is 2.15. The fourth-order valence-corrected chi connectivity index (χ4v) is 1.34. The fourth-order valence-electron chi connectivity index (χ4n) is 1.34. The second kappa shape index (κ2) is 5.71. The van der Waals surface area contributed by atoms with Crippen molar-refractivity contribution in [3.8, 4) is 11.5 Å².